The Bertz CT molecular complexity index is 1610. The minimum Gasteiger partial charge on any atom is -0.365 e. The van der Waals surface area contributed by atoms with Crippen LogP contribution in [0.15, 0.2) is 52.8 Å². The van der Waals surface area contributed by atoms with Gasteiger partial charge in [0.15, 0.2) is 22.0 Å². The minimum atomic E-state index is -4.86. The third kappa shape index (κ3) is 4.12. The maximum atomic E-state index is 13.6. The lowest BCUT2D eigenvalue weighted by molar-refractivity contribution is -0.144. The number of anilines is 1. The van der Waals surface area contributed by atoms with Gasteiger partial charge in [0.1, 0.15) is 6.33 Å². The first-order chi connectivity index (χ1) is 17.0. The number of rotatable bonds is 6. The number of imidazole rings is 1. The quantitative estimate of drug-likeness (QED) is 0.397. The Balaban J connectivity index is 1.75. The van der Waals surface area contributed by atoms with Crippen LogP contribution in [0.5, 0.6) is 0 Å². The van der Waals surface area contributed by atoms with E-state index in [1.54, 1.807) is 13.0 Å². The van der Waals surface area contributed by atoms with Crippen molar-refractivity contribution < 1.29 is 26.4 Å². The highest BCUT2D eigenvalue weighted by Gasteiger charge is 2.37. The zero-order valence-corrected chi connectivity index (χ0v) is 19.4. The number of amides is 1. The van der Waals surface area contributed by atoms with Crippen LogP contribution in [0.25, 0.3) is 16.9 Å². The molecule has 1 amide bonds. The summed E-state index contributed by atoms with van der Waals surface area (Å²) in [5.41, 5.74) is 5.51. The van der Waals surface area contributed by atoms with E-state index in [4.69, 9.17) is 5.73 Å². The van der Waals surface area contributed by atoms with Gasteiger partial charge >= 0.3 is 6.18 Å². The van der Waals surface area contributed by atoms with Gasteiger partial charge in [-0.05, 0) is 43.5 Å². The van der Waals surface area contributed by atoms with Crippen LogP contribution >= 0.6 is 0 Å². The summed E-state index contributed by atoms with van der Waals surface area (Å²) in [5.74, 6) is -2.63. The van der Waals surface area contributed by atoms with Crippen LogP contribution < -0.4 is 11.1 Å². The Morgan fingerprint density at radius 3 is 2.50 bits per heavy atom. The second-order valence-corrected chi connectivity index (χ2v) is 10.2. The van der Waals surface area contributed by atoms with E-state index in [1.807, 2.05) is 0 Å². The molecule has 0 spiro atoms. The molecule has 5 rings (SSSR count). The van der Waals surface area contributed by atoms with E-state index in [0.29, 0.717) is 0 Å². The van der Waals surface area contributed by atoms with Gasteiger partial charge in [0.2, 0.25) is 15.7 Å². The Morgan fingerprint density at radius 1 is 1.14 bits per heavy atom. The van der Waals surface area contributed by atoms with Crippen molar-refractivity contribution in [2.45, 2.75) is 41.9 Å². The maximum absolute atomic E-state index is 13.6. The lowest BCUT2D eigenvalue weighted by Gasteiger charge is -2.14. The van der Waals surface area contributed by atoms with E-state index < -0.39 is 38.2 Å². The van der Waals surface area contributed by atoms with Gasteiger partial charge in [-0.15, -0.1) is 0 Å². The van der Waals surface area contributed by atoms with Crippen molar-refractivity contribution in [1.82, 2.24) is 24.5 Å². The van der Waals surface area contributed by atoms with Gasteiger partial charge in [0.05, 0.1) is 16.1 Å². The Hall–Kier alpha value is -4.07. The molecule has 4 aromatic rings. The fraction of sp³-hybridized carbons (Fsp3) is 0.227. The fourth-order valence-electron chi connectivity index (χ4n) is 3.64. The molecule has 3 N–H and O–H groups in total. The number of fused-ring (bicyclic) bond motifs is 1. The summed E-state index contributed by atoms with van der Waals surface area (Å²) in [6.07, 6.45) is -0.829. The van der Waals surface area contributed by atoms with Gasteiger partial charge in [-0.3, -0.25) is 9.36 Å². The molecule has 0 unspecified atom stereocenters. The zero-order chi connectivity index (χ0) is 25.8. The number of nitrogens with zero attached hydrogens (tertiary/aromatic N) is 5. The molecule has 1 aliphatic rings. The average molecular weight is 517 g/mol. The third-order valence-corrected chi connectivity index (χ3v) is 7.24. The van der Waals surface area contributed by atoms with Crippen LogP contribution in [-0.4, -0.2) is 44.9 Å². The van der Waals surface area contributed by atoms with Gasteiger partial charge in [-0.1, -0.05) is 12.1 Å². The standard InChI is InChI=1S/C22H18F3N7O3S/c1-11-5-8-15(27-9-11)36(34,35)14-4-2-3-13(16(14)18(26)33)32-10-28-17-19(29-12-6-7-12)30-21(22(23,24)25)31-20(17)32/h2-5,8-10,12H,6-7H2,1H3,(H2,26,33)(H,29,30,31). The molecule has 1 saturated carbocycles. The van der Waals surface area contributed by atoms with Crippen molar-refractivity contribution >= 4 is 32.7 Å². The van der Waals surface area contributed by atoms with Crippen molar-refractivity contribution in [3.05, 3.63) is 59.8 Å². The Kier molecular flexibility index (Phi) is 5.43. The van der Waals surface area contributed by atoms with Crippen LogP contribution in [0.4, 0.5) is 19.0 Å². The summed E-state index contributed by atoms with van der Waals surface area (Å²) >= 11 is 0. The first-order valence-electron chi connectivity index (χ1n) is 10.7. The highest BCUT2D eigenvalue weighted by molar-refractivity contribution is 7.91. The average Bonchev–Trinajstić information content (AvgIpc) is 3.53. The summed E-state index contributed by atoms with van der Waals surface area (Å²) < 4.78 is 68.5. The van der Waals surface area contributed by atoms with Crippen LogP contribution in [0, 0.1) is 6.92 Å². The number of carbonyl (C=O) groups excluding carboxylic acids is 1. The number of sulfone groups is 1. The predicted molar refractivity (Wildman–Crippen MR) is 121 cm³/mol. The first kappa shape index (κ1) is 23.7. The summed E-state index contributed by atoms with van der Waals surface area (Å²) in [6, 6.07) is 6.64. The normalized spacial score (nSPS) is 14.2. The van der Waals surface area contributed by atoms with Crippen LogP contribution in [0.3, 0.4) is 0 Å². The van der Waals surface area contributed by atoms with E-state index in [9.17, 15) is 26.4 Å². The molecule has 0 atom stereocenters. The van der Waals surface area contributed by atoms with Crippen molar-refractivity contribution in [2.75, 3.05) is 5.32 Å². The monoisotopic (exact) mass is 517 g/mol. The Labute approximate surface area is 202 Å². The molecule has 36 heavy (non-hydrogen) atoms. The number of nitrogens with two attached hydrogens (primary N) is 1. The molecule has 10 nitrogen and oxygen atoms in total. The number of carbonyl (C=O) groups is 1. The number of aryl methyl sites for hydroxylation is 1. The molecule has 1 aromatic carbocycles. The van der Waals surface area contributed by atoms with Gasteiger partial charge in [0, 0.05) is 12.2 Å². The number of primary amides is 1. The van der Waals surface area contributed by atoms with Crippen molar-refractivity contribution in [3.8, 4) is 5.69 Å². The van der Waals surface area contributed by atoms with Gasteiger partial charge in [-0.2, -0.15) is 13.2 Å². The first-order valence-corrected chi connectivity index (χ1v) is 12.1. The third-order valence-electron chi connectivity index (χ3n) is 5.53. The molecule has 14 heteroatoms. The molecule has 3 heterocycles. The molecule has 0 radical (unpaired) electrons. The van der Waals surface area contributed by atoms with E-state index in [0.717, 1.165) is 29.3 Å². The van der Waals surface area contributed by atoms with Crippen LogP contribution in [-0.2, 0) is 16.0 Å². The van der Waals surface area contributed by atoms with E-state index in [2.05, 4.69) is 25.3 Å². The number of halogens is 3. The van der Waals surface area contributed by atoms with Gasteiger partial charge < -0.3 is 11.1 Å². The molecule has 0 saturated heterocycles. The SMILES string of the molecule is Cc1ccc(S(=O)(=O)c2cccc(-n3cnc4c(NC5CC5)nc(C(F)(F)F)nc43)c2C(N)=O)nc1. The minimum absolute atomic E-state index is 0.0266. The maximum Gasteiger partial charge on any atom is 0.451 e. The lowest BCUT2D eigenvalue weighted by atomic mass is 10.1. The van der Waals surface area contributed by atoms with E-state index >= 15 is 0 Å². The summed E-state index contributed by atoms with van der Waals surface area (Å²) in [4.78, 5) is 27.4. The topological polar surface area (TPSA) is 146 Å². The number of alkyl halides is 3. The molecule has 0 bridgehead atoms. The fourth-order valence-corrected chi connectivity index (χ4v) is 5.04. The number of hydrogen-bond donors (Lipinski definition) is 2. The van der Waals surface area contributed by atoms with Gasteiger partial charge in [0.25, 0.3) is 5.91 Å². The predicted octanol–water partition coefficient (Wildman–Crippen LogP) is 3.04. The second-order valence-electron chi connectivity index (χ2n) is 8.29. The summed E-state index contributed by atoms with van der Waals surface area (Å²) in [5, 5.41) is 2.59. The van der Waals surface area contributed by atoms with E-state index in [1.165, 1.54) is 30.5 Å². The number of hydrogen-bond acceptors (Lipinski definition) is 8. The zero-order valence-electron chi connectivity index (χ0n) is 18.6. The van der Waals surface area contributed by atoms with Gasteiger partial charge in [-0.25, -0.2) is 28.4 Å². The molecule has 186 valence electrons. The van der Waals surface area contributed by atoms with Crippen molar-refractivity contribution in [1.29, 1.82) is 0 Å². The van der Waals surface area contributed by atoms with Crippen molar-refractivity contribution in [2.24, 2.45) is 5.73 Å². The molecular weight excluding hydrogens is 499 g/mol. The molecule has 1 fully saturated rings. The molecular formula is C22H18F3N7O3S. The smallest absolute Gasteiger partial charge is 0.365 e. The number of pyridine rings is 1. The number of benzene rings is 1. The highest BCUT2D eigenvalue weighted by atomic mass is 32.2. The Morgan fingerprint density at radius 2 is 1.89 bits per heavy atom. The molecule has 0 aliphatic heterocycles. The number of nitrogens with one attached hydrogen (secondary N) is 1. The van der Waals surface area contributed by atoms with Crippen LogP contribution in [0.2, 0.25) is 0 Å². The number of aromatic nitrogens is 5. The van der Waals surface area contributed by atoms with Crippen molar-refractivity contribution in [3.63, 3.8) is 0 Å². The largest absolute Gasteiger partial charge is 0.451 e. The highest BCUT2D eigenvalue weighted by Crippen LogP contribution is 2.34. The summed E-state index contributed by atoms with van der Waals surface area (Å²) in [6.45, 7) is 1.73. The lowest BCUT2D eigenvalue weighted by Crippen LogP contribution is -2.20. The van der Waals surface area contributed by atoms with E-state index in [-0.39, 0.29) is 33.7 Å². The molecule has 3 aromatic heterocycles. The second kappa shape index (κ2) is 8.26. The molecule has 1 aliphatic carbocycles. The summed E-state index contributed by atoms with van der Waals surface area (Å²) in [7, 11) is -4.32. The van der Waals surface area contributed by atoms with Crippen LogP contribution in [0.1, 0.15) is 34.6 Å².